The molecule has 0 aliphatic rings. The van der Waals surface area contributed by atoms with Gasteiger partial charge in [0, 0.05) is 5.69 Å². The highest BCUT2D eigenvalue weighted by molar-refractivity contribution is 8.14. The first kappa shape index (κ1) is 17.8. The minimum atomic E-state index is -4.11. The minimum Gasteiger partial charge on any atom is -0.467 e. The molecule has 0 amide bonds. The number of nitrogens with two attached hydrogens (primary N) is 1. The highest BCUT2D eigenvalue weighted by atomic mass is 35.5. The standard InChI is InChI=1S/C13H12ClFN2O4S2/c14-10-5-11(17-6-8-2-1-3-21-8)9(13(18)22-7-15)4-12(10)23(16,19)20/h1-5,17H,6-7H2,(H2,16,19,20). The van der Waals surface area contributed by atoms with E-state index in [4.69, 9.17) is 21.2 Å². The third-order valence-electron chi connectivity index (χ3n) is 2.82. The van der Waals surface area contributed by atoms with Gasteiger partial charge in [-0.1, -0.05) is 11.6 Å². The van der Waals surface area contributed by atoms with Gasteiger partial charge in [0.1, 0.15) is 16.7 Å². The fraction of sp³-hybridized carbons (Fsp3) is 0.154. The van der Waals surface area contributed by atoms with Crippen molar-refractivity contribution in [1.29, 1.82) is 0 Å². The molecule has 2 aromatic rings. The van der Waals surface area contributed by atoms with Crippen molar-refractivity contribution >= 4 is 44.2 Å². The lowest BCUT2D eigenvalue weighted by atomic mass is 10.2. The van der Waals surface area contributed by atoms with E-state index in [1.807, 2.05) is 0 Å². The van der Waals surface area contributed by atoms with Crippen LogP contribution >= 0.6 is 23.4 Å². The van der Waals surface area contributed by atoms with Gasteiger partial charge in [0.15, 0.2) is 0 Å². The van der Waals surface area contributed by atoms with Crippen LogP contribution in [0.3, 0.4) is 0 Å². The first-order chi connectivity index (χ1) is 10.8. The van der Waals surface area contributed by atoms with Crippen molar-refractivity contribution in [2.45, 2.75) is 11.4 Å². The molecular formula is C13H12ClFN2O4S2. The van der Waals surface area contributed by atoms with Crippen LogP contribution in [0.4, 0.5) is 10.1 Å². The van der Waals surface area contributed by atoms with E-state index in [0.29, 0.717) is 17.5 Å². The number of primary sulfonamides is 1. The number of rotatable bonds is 6. The van der Waals surface area contributed by atoms with E-state index in [9.17, 15) is 17.6 Å². The lowest BCUT2D eigenvalue weighted by molar-refractivity contribution is 0.108. The van der Waals surface area contributed by atoms with Gasteiger partial charge in [0.2, 0.25) is 15.1 Å². The molecule has 0 atom stereocenters. The second kappa shape index (κ2) is 7.35. The van der Waals surface area contributed by atoms with Crippen molar-refractivity contribution < 1.29 is 22.0 Å². The number of thioether (sulfide) groups is 1. The molecule has 0 radical (unpaired) electrons. The van der Waals surface area contributed by atoms with E-state index < -0.39 is 26.0 Å². The summed E-state index contributed by atoms with van der Waals surface area (Å²) in [5.41, 5.74) is 0.220. The Hall–Kier alpha value is -1.55. The fourth-order valence-electron chi connectivity index (χ4n) is 1.81. The maximum atomic E-state index is 12.4. The summed E-state index contributed by atoms with van der Waals surface area (Å²) in [5.74, 6) is 0.591. The predicted octanol–water partition coefficient (Wildman–Crippen LogP) is 2.99. The number of hydrogen-bond donors (Lipinski definition) is 2. The van der Waals surface area contributed by atoms with E-state index in [1.54, 1.807) is 12.1 Å². The number of furan rings is 1. The van der Waals surface area contributed by atoms with Gasteiger partial charge in [-0.15, -0.1) is 0 Å². The van der Waals surface area contributed by atoms with Gasteiger partial charge >= 0.3 is 0 Å². The molecular weight excluding hydrogens is 367 g/mol. The number of anilines is 1. The lowest BCUT2D eigenvalue weighted by Gasteiger charge is -2.13. The molecule has 0 spiro atoms. The maximum Gasteiger partial charge on any atom is 0.239 e. The molecule has 0 unspecified atom stereocenters. The number of hydrogen-bond acceptors (Lipinski definition) is 6. The fourth-order valence-corrected chi connectivity index (χ4v) is 3.33. The molecule has 0 saturated carbocycles. The van der Waals surface area contributed by atoms with Gasteiger partial charge in [-0.2, -0.15) is 0 Å². The molecule has 1 heterocycles. The van der Waals surface area contributed by atoms with Crippen LogP contribution < -0.4 is 10.5 Å². The Morgan fingerprint density at radius 3 is 2.74 bits per heavy atom. The number of carbonyl (C=O) groups excluding carboxylic acids is 1. The number of carbonyl (C=O) groups is 1. The van der Waals surface area contributed by atoms with Gasteiger partial charge in [0.25, 0.3) is 0 Å². The summed E-state index contributed by atoms with van der Waals surface area (Å²) < 4.78 is 40.6. The van der Waals surface area contributed by atoms with Gasteiger partial charge in [0.05, 0.1) is 23.4 Å². The molecule has 3 N–H and O–H groups in total. The Kier molecular flexibility index (Phi) is 5.69. The topological polar surface area (TPSA) is 102 Å². The van der Waals surface area contributed by atoms with Crippen LogP contribution in [0.2, 0.25) is 5.02 Å². The molecule has 1 aromatic carbocycles. The summed E-state index contributed by atoms with van der Waals surface area (Å²) in [6.07, 6.45) is 1.49. The van der Waals surface area contributed by atoms with Gasteiger partial charge in [-0.05, 0) is 36.0 Å². The molecule has 10 heteroatoms. The molecule has 0 saturated heterocycles. The average Bonchev–Trinajstić information content (AvgIpc) is 2.97. The Labute approximate surface area is 141 Å². The van der Waals surface area contributed by atoms with E-state index in [2.05, 4.69) is 5.32 Å². The van der Waals surface area contributed by atoms with Gasteiger partial charge in [-0.3, -0.25) is 4.79 Å². The second-order valence-corrected chi connectivity index (χ2v) is 7.16. The van der Waals surface area contributed by atoms with E-state index in [-0.39, 0.29) is 22.8 Å². The number of nitrogens with one attached hydrogen (secondary N) is 1. The zero-order valence-electron chi connectivity index (χ0n) is 11.6. The molecule has 6 nitrogen and oxygen atoms in total. The summed E-state index contributed by atoms with van der Waals surface area (Å²) >= 11 is 6.31. The normalized spacial score (nSPS) is 11.4. The van der Waals surface area contributed by atoms with Crippen LogP contribution in [-0.2, 0) is 16.6 Å². The van der Waals surface area contributed by atoms with Crippen molar-refractivity contribution in [1.82, 2.24) is 0 Å². The minimum absolute atomic E-state index is 0.0346. The predicted molar refractivity (Wildman–Crippen MR) is 86.8 cm³/mol. The van der Waals surface area contributed by atoms with Crippen LogP contribution in [-0.4, -0.2) is 19.5 Å². The first-order valence-electron chi connectivity index (χ1n) is 6.18. The Bertz CT molecular complexity index is 810. The molecule has 0 fully saturated rings. The summed E-state index contributed by atoms with van der Waals surface area (Å²) in [6.45, 7) is 0.235. The Balaban J connectivity index is 2.42. The zero-order valence-corrected chi connectivity index (χ0v) is 14.0. The summed E-state index contributed by atoms with van der Waals surface area (Å²) in [6, 6.07) is 4.76. The van der Waals surface area contributed by atoms with Gasteiger partial charge in [-0.25, -0.2) is 17.9 Å². The maximum absolute atomic E-state index is 12.4. The van der Waals surface area contributed by atoms with Crippen LogP contribution in [0.15, 0.2) is 39.8 Å². The van der Waals surface area contributed by atoms with Crippen molar-refractivity contribution in [3.05, 3.63) is 46.9 Å². The highest BCUT2D eigenvalue weighted by Gasteiger charge is 2.21. The number of halogens is 2. The lowest BCUT2D eigenvalue weighted by Crippen LogP contribution is -2.15. The Morgan fingerprint density at radius 1 is 1.43 bits per heavy atom. The second-order valence-electron chi connectivity index (χ2n) is 4.35. The van der Waals surface area contributed by atoms with Crippen LogP contribution in [0.5, 0.6) is 0 Å². The monoisotopic (exact) mass is 378 g/mol. The molecule has 1 aromatic heterocycles. The third kappa shape index (κ3) is 4.47. The van der Waals surface area contributed by atoms with Crippen LogP contribution in [0.1, 0.15) is 16.1 Å². The number of alkyl halides is 1. The zero-order chi connectivity index (χ0) is 17.0. The SMILES string of the molecule is NS(=O)(=O)c1cc(C(=O)SCF)c(NCc2ccco2)cc1Cl. The molecule has 0 bridgehead atoms. The third-order valence-corrected chi connectivity index (χ3v) is 4.78. The largest absolute Gasteiger partial charge is 0.467 e. The average molecular weight is 379 g/mol. The van der Waals surface area contributed by atoms with Crippen molar-refractivity contribution in [2.24, 2.45) is 5.14 Å². The van der Waals surface area contributed by atoms with Gasteiger partial charge < -0.3 is 9.73 Å². The number of sulfonamides is 1. The summed E-state index contributed by atoms with van der Waals surface area (Å²) in [7, 11) is -4.11. The molecule has 0 aliphatic heterocycles. The van der Waals surface area contributed by atoms with Crippen molar-refractivity contribution in [3.63, 3.8) is 0 Å². The smallest absolute Gasteiger partial charge is 0.239 e. The highest BCUT2D eigenvalue weighted by Crippen LogP contribution is 2.31. The Morgan fingerprint density at radius 2 is 2.17 bits per heavy atom. The molecule has 23 heavy (non-hydrogen) atoms. The van der Waals surface area contributed by atoms with Crippen LogP contribution in [0, 0.1) is 0 Å². The van der Waals surface area contributed by atoms with E-state index in [1.165, 1.54) is 12.3 Å². The molecule has 124 valence electrons. The van der Waals surface area contributed by atoms with Crippen molar-refractivity contribution in [2.75, 3.05) is 11.3 Å². The summed E-state index contributed by atoms with van der Waals surface area (Å²) in [4.78, 5) is 11.6. The summed E-state index contributed by atoms with van der Waals surface area (Å²) in [5, 5.41) is 7.18. The number of benzene rings is 1. The molecule has 2 rings (SSSR count). The quantitative estimate of drug-likeness (QED) is 0.801. The van der Waals surface area contributed by atoms with Crippen molar-refractivity contribution in [3.8, 4) is 0 Å². The van der Waals surface area contributed by atoms with Crippen LogP contribution in [0.25, 0.3) is 0 Å². The molecule has 0 aliphatic carbocycles. The van der Waals surface area contributed by atoms with E-state index in [0.717, 1.165) is 6.07 Å². The van der Waals surface area contributed by atoms with E-state index >= 15 is 0 Å². The first-order valence-corrected chi connectivity index (χ1v) is 9.09.